The molecule has 6 heteroatoms. The lowest BCUT2D eigenvalue weighted by atomic mass is 10.1. The maximum Gasteiger partial charge on any atom is 0.246 e. The highest BCUT2D eigenvalue weighted by Crippen LogP contribution is 2.41. The Kier molecular flexibility index (Phi) is 3.37. The van der Waals surface area contributed by atoms with E-state index in [-0.39, 0.29) is 0 Å². The molecule has 0 saturated heterocycles. The fourth-order valence-electron chi connectivity index (χ4n) is 2.97. The lowest BCUT2D eigenvalue weighted by Crippen LogP contribution is -2.36. The Morgan fingerprint density at radius 2 is 2.17 bits per heavy atom. The van der Waals surface area contributed by atoms with Crippen LogP contribution in [0.5, 0.6) is 0 Å². The number of nitrogens with zero attached hydrogens (tertiary/aromatic N) is 4. The van der Waals surface area contributed by atoms with E-state index in [0.717, 1.165) is 17.9 Å². The molecular weight excluding hydrogens is 290 g/mol. The summed E-state index contributed by atoms with van der Waals surface area (Å²) in [5.41, 5.74) is 10.2. The monoisotopic (exact) mass is 309 g/mol. The van der Waals surface area contributed by atoms with E-state index in [0.29, 0.717) is 29.9 Å². The summed E-state index contributed by atoms with van der Waals surface area (Å²) in [4.78, 5) is 15.4. The van der Waals surface area contributed by atoms with Crippen molar-refractivity contribution in [1.82, 2.24) is 14.9 Å². The summed E-state index contributed by atoms with van der Waals surface area (Å²) in [6.07, 6.45) is 7.54. The summed E-state index contributed by atoms with van der Waals surface area (Å²) >= 11 is 0. The van der Waals surface area contributed by atoms with Crippen molar-refractivity contribution in [1.29, 1.82) is 0 Å². The van der Waals surface area contributed by atoms with Gasteiger partial charge in [-0.3, -0.25) is 4.98 Å². The number of pyridine rings is 1. The summed E-state index contributed by atoms with van der Waals surface area (Å²) in [7, 11) is 0. The Morgan fingerprint density at radius 1 is 1.30 bits per heavy atom. The van der Waals surface area contributed by atoms with Crippen molar-refractivity contribution in [3.63, 3.8) is 0 Å². The molecule has 0 bridgehead atoms. The standard InChI is InChI=1S/C17H19N5O/c1-11-16(17-20-7-8-23-17)21-15(18)10-22(11)9-14-13(12-4-5-12)3-2-6-19-14/h2-3,6-8,12H,4-5,9-10H2,1H3,(H2,18,21). The molecule has 118 valence electrons. The first-order valence-electron chi connectivity index (χ1n) is 7.85. The molecule has 0 aromatic carbocycles. The molecule has 1 aliphatic heterocycles. The van der Waals surface area contributed by atoms with Gasteiger partial charge in [0.05, 0.1) is 25.0 Å². The molecule has 2 aliphatic rings. The second kappa shape index (κ2) is 5.53. The third kappa shape index (κ3) is 2.72. The third-order valence-electron chi connectivity index (χ3n) is 4.34. The average Bonchev–Trinajstić information content (AvgIpc) is 3.25. The molecule has 1 fully saturated rings. The van der Waals surface area contributed by atoms with Crippen molar-refractivity contribution in [2.75, 3.05) is 6.54 Å². The van der Waals surface area contributed by atoms with E-state index >= 15 is 0 Å². The fourth-order valence-corrected chi connectivity index (χ4v) is 2.97. The first kappa shape index (κ1) is 14.0. The van der Waals surface area contributed by atoms with E-state index in [2.05, 4.69) is 25.9 Å². The zero-order valence-corrected chi connectivity index (χ0v) is 13.1. The molecule has 23 heavy (non-hydrogen) atoms. The molecule has 0 spiro atoms. The molecule has 4 rings (SSSR count). The minimum absolute atomic E-state index is 0.499. The number of hydrogen-bond donors (Lipinski definition) is 1. The smallest absolute Gasteiger partial charge is 0.246 e. The molecule has 0 amide bonds. The predicted octanol–water partition coefficient (Wildman–Crippen LogP) is 2.51. The van der Waals surface area contributed by atoms with Crippen molar-refractivity contribution in [3.8, 4) is 0 Å². The summed E-state index contributed by atoms with van der Waals surface area (Å²) in [6, 6.07) is 4.21. The number of nitrogens with two attached hydrogens (primary N) is 1. The topological polar surface area (TPSA) is 80.5 Å². The summed E-state index contributed by atoms with van der Waals surface area (Å²) in [5, 5.41) is 0. The number of hydrogen-bond acceptors (Lipinski definition) is 6. The normalized spacial score (nSPS) is 18.3. The van der Waals surface area contributed by atoms with Crippen LogP contribution < -0.4 is 5.73 Å². The molecule has 3 heterocycles. The van der Waals surface area contributed by atoms with Crippen LogP contribution in [0.2, 0.25) is 0 Å². The van der Waals surface area contributed by atoms with Gasteiger partial charge in [0.2, 0.25) is 5.89 Å². The average molecular weight is 309 g/mol. The Morgan fingerprint density at radius 3 is 2.91 bits per heavy atom. The van der Waals surface area contributed by atoms with Crippen LogP contribution >= 0.6 is 0 Å². The highest BCUT2D eigenvalue weighted by atomic mass is 16.3. The van der Waals surface area contributed by atoms with Crippen LogP contribution in [0, 0.1) is 0 Å². The van der Waals surface area contributed by atoms with Gasteiger partial charge >= 0.3 is 0 Å². The Balaban J connectivity index is 1.66. The second-order valence-corrected chi connectivity index (χ2v) is 6.04. The molecule has 2 aromatic heterocycles. The maximum atomic E-state index is 6.03. The number of aromatic nitrogens is 2. The molecule has 1 aliphatic carbocycles. The number of aliphatic imine (C=N–C) groups is 1. The quantitative estimate of drug-likeness (QED) is 0.938. The Bertz CT molecular complexity index is 774. The van der Waals surface area contributed by atoms with Gasteiger partial charge in [0.1, 0.15) is 17.8 Å². The van der Waals surface area contributed by atoms with Gasteiger partial charge in [0, 0.05) is 11.9 Å². The van der Waals surface area contributed by atoms with Crippen molar-refractivity contribution >= 4 is 11.5 Å². The van der Waals surface area contributed by atoms with Crippen molar-refractivity contribution in [3.05, 3.63) is 53.6 Å². The second-order valence-electron chi connectivity index (χ2n) is 6.04. The minimum Gasteiger partial charge on any atom is -0.443 e. The van der Waals surface area contributed by atoms with Gasteiger partial charge in [-0.15, -0.1) is 0 Å². The summed E-state index contributed by atoms with van der Waals surface area (Å²) in [5.74, 6) is 1.73. The van der Waals surface area contributed by atoms with Crippen molar-refractivity contribution in [2.45, 2.75) is 32.2 Å². The van der Waals surface area contributed by atoms with E-state index in [9.17, 15) is 0 Å². The van der Waals surface area contributed by atoms with Crippen LogP contribution in [-0.4, -0.2) is 27.2 Å². The van der Waals surface area contributed by atoms with Gasteiger partial charge < -0.3 is 15.1 Å². The van der Waals surface area contributed by atoms with Crippen LogP contribution in [0.25, 0.3) is 5.70 Å². The van der Waals surface area contributed by atoms with Crippen LogP contribution in [0.15, 0.2) is 45.9 Å². The van der Waals surface area contributed by atoms with Crippen molar-refractivity contribution < 1.29 is 4.42 Å². The first-order chi connectivity index (χ1) is 11.2. The van der Waals surface area contributed by atoms with E-state index < -0.39 is 0 Å². The van der Waals surface area contributed by atoms with Gasteiger partial charge in [-0.05, 0) is 37.3 Å². The number of rotatable bonds is 4. The predicted molar refractivity (Wildman–Crippen MR) is 87.3 cm³/mol. The largest absolute Gasteiger partial charge is 0.443 e. The minimum atomic E-state index is 0.499. The molecule has 0 atom stereocenters. The van der Waals surface area contributed by atoms with E-state index in [4.69, 9.17) is 10.2 Å². The summed E-state index contributed by atoms with van der Waals surface area (Å²) < 4.78 is 5.39. The lowest BCUT2D eigenvalue weighted by molar-refractivity contribution is 0.371. The number of oxazole rings is 1. The van der Waals surface area contributed by atoms with Gasteiger partial charge in [-0.1, -0.05) is 6.07 Å². The lowest BCUT2D eigenvalue weighted by Gasteiger charge is -2.29. The summed E-state index contributed by atoms with van der Waals surface area (Å²) in [6.45, 7) is 3.34. The van der Waals surface area contributed by atoms with Crippen LogP contribution in [-0.2, 0) is 6.54 Å². The zero-order chi connectivity index (χ0) is 15.8. The van der Waals surface area contributed by atoms with E-state index in [1.165, 1.54) is 18.4 Å². The molecular formula is C17H19N5O. The number of allylic oxidation sites excluding steroid dienone is 1. The van der Waals surface area contributed by atoms with Gasteiger partial charge in [-0.2, -0.15) is 0 Å². The van der Waals surface area contributed by atoms with Gasteiger partial charge in [-0.25, -0.2) is 9.98 Å². The van der Waals surface area contributed by atoms with Crippen LogP contribution in [0.3, 0.4) is 0 Å². The molecule has 1 saturated carbocycles. The zero-order valence-electron chi connectivity index (χ0n) is 13.1. The fraction of sp³-hybridized carbons (Fsp3) is 0.353. The number of amidine groups is 1. The highest BCUT2D eigenvalue weighted by Gasteiger charge is 2.28. The molecule has 0 radical (unpaired) electrons. The Labute approximate surface area is 134 Å². The maximum absolute atomic E-state index is 6.03. The van der Waals surface area contributed by atoms with E-state index in [1.807, 2.05) is 19.2 Å². The SMILES string of the molecule is CC1=C(c2ncco2)N=C(N)CN1Cc1ncccc1C1CC1. The molecule has 2 N–H and O–H groups in total. The van der Waals surface area contributed by atoms with Crippen molar-refractivity contribution in [2.24, 2.45) is 10.7 Å². The van der Waals surface area contributed by atoms with Gasteiger partial charge in [0.15, 0.2) is 0 Å². The van der Waals surface area contributed by atoms with Gasteiger partial charge in [0.25, 0.3) is 0 Å². The van der Waals surface area contributed by atoms with Crippen LogP contribution in [0.4, 0.5) is 0 Å². The first-order valence-corrected chi connectivity index (χ1v) is 7.85. The molecule has 2 aromatic rings. The molecule has 0 unspecified atom stereocenters. The van der Waals surface area contributed by atoms with E-state index in [1.54, 1.807) is 12.5 Å². The Hall–Kier alpha value is -2.63. The molecule has 6 nitrogen and oxygen atoms in total. The third-order valence-corrected chi connectivity index (χ3v) is 4.34. The van der Waals surface area contributed by atoms with Crippen LogP contribution in [0.1, 0.15) is 42.8 Å². The highest BCUT2D eigenvalue weighted by molar-refractivity contribution is 5.90.